The van der Waals surface area contributed by atoms with Gasteiger partial charge in [0.15, 0.2) is 5.78 Å². The SMILES string of the molecule is Cc1occc1C(=O)c1ccc2ccccc2c1. The van der Waals surface area contributed by atoms with E-state index in [1.807, 2.05) is 42.5 Å². The molecule has 88 valence electrons. The topological polar surface area (TPSA) is 30.2 Å². The number of benzene rings is 2. The Balaban J connectivity index is 2.10. The molecule has 2 heteroatoms. The van der Waals surface area contributed by atoms with E-state index in [-0.39, 0.29) is 5.78 Å². The number of carbonyl (C=O) groups is 1. The average Bonchev–Trinajstić information content (AvgIpc) is 2.83. The minimum Gasteiger partial charge on any atom is -0.469 e. The number of fused-ring (bicyclic) bond motifs is 1. The van der Waals surface area contributed by atoms with Crippen LogP contribution < -0.4 is 0 Å². The zero-order valence-electron chi connectivity index (χ0n) is 10.0. The van der Waals surface area contributed by atoms with Crippen LogP contribution in [0.2, 0.25) is 0 Å². The molecule has 0 bridgehead atoms. The van der Waals surface area contributed by atoms with Crippen molar-refractivity contribution in [1.82, 2.24) is 0 Å². The van der Waals surface area contributed by atoms with E-state index in [9.17, 15) is 4.79 Å². The van der Waals surface area contributed by atoms with Gasteiger partial charge in [0.05, 0.1) is 11.8 Å². The van der Waals surface area contributed by atoms with Crippen LogP contribution in [0, 0.1) is 6.92 Å². The highest BCUT2D eigenvalue weighted by molar-refractivity contribution is 6.11. The molecule has 0 amide bonds. The van der Waals surface area contributed by atoms with Crippen LogP contribution in [0.15, 0.2) is 59.2 Å². The van der Waals surface area contributed by atoms with Crippen LogP contribution in [-0.2, 0) is 0 Å². The van der Waals surface area contributed by atoms with Crippen LogP contribution in [0.3, 0.4) is 0 Å². The van der Waals surface area contributed by atoms with Crippen molar-refractivity contribution in [3.05, 3.63) is 71.7 Å². The average molecular weight is 236 g/mol. The highest BCUT2D eigenvalue weighted by atomic mass is 16.3. The molecule has 0 fully saturated rings. The van der Waals surface area contributed by atoms with Crippen LogP contribution in [0.4, 0.5) is 0 Å². The predicted molar refractivity (Wildman–Crippen MR) is 70.8 cm³/mol. The number of aryl methyl sites for hydroxylation is 1. The van der Waals surface area contributed by atoms with Crippen LogP contribution in [0.25, 0.3) is 10.8 Å². The van der Waals surface area contributed by atoms with E-state index in [0.29, 0.717) is 16.9 Å². The van der Waals surface area contributed by atoms with Crippen molar-refractivity contribution in [2.75, 3.05) is 0 Å². The molecule has 2 aromatic carbocycles. The van der Waals surface area contributed by atoms with E-state index in [0.717, 1.165) is 10.8 Å². The molecule has 0 unspecified atom stereocenters. The van der Waals surface area contributed by atoms with Gasteiger partial charge in [0.25, 0.3) is 0 Å². The lowest BCUT2D eigenvalue weighted by atomic mass is 10.0. The fourth-order valence-electron chi connectivity index (χ4n) is 2.11. The molecule has 0 N–H and O–H groups in total. The summed E-state index contributed by atoms with van der Waals surface area (Å²) in [6.45, 7) is 1.80. The lowest BCUT2D eigenvalue weighted by Gasteiger charge is -2.02. The first-order chi connectivity index (χ1) is 8.75. The largest absolute Gasteiger partial charge is 0.469 e. The first-order valence-corrected chi connectivity index (χ1v) is 5.83. The van der Waals surface area contributed by atoms with Crippen molar-refractivity contribution >= 4 is 16.6 Å². The Kier molecular flexibility index (Phi) is 2.49. The number of carbonyl (C=O) groups excluding carboxylic acids is 1. The van der Waals surface area contributed by atoms with Gasteiger partial charge in [0, 0.05) is 5.56 Å². The number of hydrogen-bond acceptors (Lipinski definition) is 2. The summed E-state index contributed by atoms with van der Waals surface area (Å²) in [6.07, 6.45) is 1.55. The van der Waals surface area contributed by atoms with Crippen LogP contribution >= 0.6 is 0 Å². The van der Waals surface area contributed by atoms with Crippen molar-refractivity contribution in [2.45, 2.75) is 6.92 Å². The second-order valence-electron chi connectivity index (χ2n) is 4.28. The third-order valence-electron chi connectivity index (χ3n) is 3.12. The maximum absolute atomic E-state index is 12.3. The van der Waals surface area contributed by atoms with Crippen molar-refractivity contribution in [1.29, 1.82) is 0 Å². The molecule has 0 saturated carbocycles. The molecule has 2 nitrogen and oxygen atoms in total. The Morgan fingerprint density at radius 2 is 1.78 bits per heavy atom. The Bertz CT molecular complexity index is 723. The summed E-state index contributed by atoms with van der Waals surface area (Å²) in [5, 5.41) is 2.21. The molecule has 18 heavy (non-hydrogen) atoms. The Morgan fingerprint density at radius 3 is 2.50 bits per heavy atom. The number of ketones is 1. The summed E-state index contributed by atoms with van der Waals surface area (Å²) < 4.78 is 5.17. The molecular weight excluding hydrogens is 224 g/mol. The fourth-order valence-corrected chi connectivity index (χ4v) is 2.11. The smallest absolute Gasteiger partial charge is 0.196 e. The fraction of sp³-hybridized carbons (Fsp3) is 0.0625. The zero-order chi connectivity index (χ0) is 12.5. The molecule has 0 aliphatic carbocycles. The number of furan rings is 1. The lowest BCUT2D eigenvalue weighted by molar-refractivity contribution is 0.103. The van der Waals surface area contributed by atoms with Gasteiger partial charge in [0.2, 0.25) is 0 Å². The molecule has 3 aromatic rings. The van der Waals surface area contributed by atoms with Gasteiger partial charge in [-0.25, -0.2) is 0 Å². The van der Waals surface area contributed by atoms with Gasteiger partial charge in [-0.3, -0.25) is 4.79 Å². The van der Waals surface area contributed by atoms with Gasteiger partial charge >= 0.3 is 0 Å². The number of hydrogen-bond donors (Lipinski definition) is 0. The predicted octanol–water partition coefficient (Wildman–Crippen LogP) is 3.97. The third-order valence-corrected chi connectivity index (χ3v) is 3.12. The second kappa shape index (κ2) is 4.15. The summed E-state index contributed by atoms with van der Waals surface area (Å²) >= 11 is 0. The van der Waals surface area contributed by atoms with E-state index in [4.69, 9.17) is 4.42 Å². The maximum Gasteiger partial charge on any atom is 0.196 e. The summed E-state index contributed by atoms with van der Waals surface area (Å²) in [5.41, 5.74) is 1.32. The Hall–Kier alpha value is -2.35. The zero-order valence-corrected chi connectivity index (χ0v) is 10.0. The quantitative estimate of drug-likeness (QED) is 0.630. The third kappa shape index (κ3) is 1.72. The van der Waals surface area contributed by atoms with Gasteiger partial charge in [-0.05, 0) is 29.8 Å². The van der Waals surface area contributed by atoms with Crippen molar-refractivity contribution in [2.24, 2.45) is 0 Å². The first kappa shape index (κ1) is 10.8. The van der Waals surface area contributed by atoms with Crippen molar-refractivity contribution < 1.29 is 9.21 Å². The molecule has 0 saturated heterocycles. The summed E-state index contributed by atoms with van der Waals surface area (Å²) in [7, 11) is 0. The van der Waals surface area contributed by atoms with E-state index in [2.05, 4.69) is 0 Å². The molecule has 0 atom stereocenters. The molecule has 0 aliphatic heterocycles. The molecule has 0 radical (unpaired) electrons. The van der Waals surface area contributed by atoms with Crippen molar-refractivity contribution in [3.8, 4) is 0 Å². The molecule has 0 aliphatic rings. The molecular formula is C16H12O2. The summed E-state index contributed by atoms with van der Waals surface area (Å²) in [4.78, 5) is 12.3. The second-order valence-corrected chi connectivity index (χ2v) is 4.28. The van der Waals surface area contributed by atoms with Gasteiger partial charge in [-0.15, -0.1) is 0 Å². The highest BCUT2D eigenvalue weighted by Crippen LogP contribution is 2.20. The van der Waals surface area contributed by atoms with Crippen LogP contribution in [0.1, 0.15) is 21.7 Å². The standard InChI is InChI=1S/C16H12O2/c1-11-15(8-9-18-11)16(17)14-7-6-12-4-2-3-5-13(12)10-14/h2-10H,1H3. The Labute approximate surface area is 105 Å². The maximum atomic E-state index is 12.3. The summed E-state index contributed by atoms with van der Waals surface area (Å²) in [6, 6.07) is 15.5. The van der Waals surface area contributed by atoms with Crippen LogP contribution in [-0.4, -0.2) is 5.78 Å². The monoisotopic (exact) mass is 236 g/mol. The van der Waals surface area contributed by atoms with Gasteiger partial charge in [-0.2, -0.15) is 0 Å². The van der Waals surface area contributed by atoms with E-state index < -0.39 is 0 Å². The van der Waals surface area contributed by atoms with E-state index >= 15 is 0 Å². The number of rotatable bonds is 2. The van der Waals surface area contributed by atoms with Crippen LogP contribution in [0.5, 0.6) is 0 Å². The minimum absolute atomic E-state index is 0.00648. The molecule has 1 heterocycles. The van der Waals surface area contributed by atoms with E-state index in [1.54, 1.807) is 19.3 Å². The van der Waals surface area contributed by atoms with Gasteiger partial charge in [-0.1, -0.05) is 36.4 Å². The van der Waals surface area contributed by atoms with Gasteiger partial charge < -0.3 is 4.42 Å². The first-order valence-electron chi connectivity index (χ1n) is 5.83. The minimum atomic E-state index is 0.00648. The molecule has 1 aromatic heterocycles. The van der Waals surface area contributed by atoms with Gasteiger partial charge in [0.1, 0.15) is 5.76 Å². The van der Waals surface area contributed by atoms with E-state index in [1.165, 1.54) is 0 Å². The van der Waals surface area contributed by atoms with Crippen molar-refractivity contribution in [3.63, 3.8) is 0 Å². The summed E-state index contributed by atoms with van der Waals surface area (Å²) in [5.74, 6) is 0.667. The Morgan fingerprint density at radius 1 is 1.00 bits per heavy atom. The lowest BCUT2D eigenvalue weighted by Crippen LogP contribution is -2.01. The molecule has 0 spiro atoms. The molecule has 3 rings (SSSR count). The highest BCUT2D eigenvalue weighted by Gasteiger charge is 2.13. The normalized spacial score (nSPS) is 10.7.